The fourth-order valence-electron chi connectivity index (χ4n) is 3.34. The van der Waals surface area contributed by atoms with Crippen LogP contribution in [0.4, 0.5) is 0 Å². The summed E-state index contributed by atoms with van der Waals surface area (Å²) in [6.45, 7) is 8.75. The van der Waals surface area contributed by atoms with Crippen molar-refractivity contribution in [3.05, 3.63) is 57.6 Å². The van der Waals surface area contributed by atoms with Crippen LogP contribution in [0.2, 0.25) is 0 Å². The molecule has 3 rings (SSSR count). The number of carboxylic acid groups (broad SMARTS) is 1. The maximum Gasteiger partial charge on any atom is 0.300 e. The van der Waals surface area contributed by atoms with Crippen molar-refractivity contribution in [2.45, 2.75) is 64.3 Å². The Morgan fingerprint density at radius 3 is 2.41 bits per heavy atom. The van der Waals surface area contributed by atoms with Gasteiger partial charge in [-0.15, -0.1) is 0 Å². The molecule has 0 aliphatic carbocycles. The Balaban J connectivity index is 0.000000596. The van der Waals surface area contributed by atoms with Gasteiger partial charge < -0.3 is 14.9 Å². The topological polar surface area (TPSA) is 95.3 Å². The summed E-state index contributed by atoms with van der Waals surface area (Å²) in [5, 5.41) is 13.4. The van der Waals surface area contributed by atoms with E-state index in [9.17, 15) is 4.79 Å². The van der Waals surface area contributed by atoms with Gasteiger partial charge in [-0.3, -0.25) is 9.59 Å². The van der Waals surface area contributed by atoms with Crippen LogP contribution in [0, 0.1) is 0 Å². The van der Waals surface area contributed by atoms with Gasteiger partial charge in [0.1, 0.15) is 5.76 Å². The fraction of sp³-hybridized carbons (Fsp3) is 0.524. The zero-order chi connectivity index (χ0) is 20.0. The van der Waals surface area contributed by atoms with Crippen molar-refractivity contribution in [2.24, 2.45) is 0 Å². The summed E-state index contributed by atoms with van der Waals surface area (Å²) in [5.41, 5.74) is 2.77. The summed E-state index contributed by atoms with van der Waals surface area (Å²) in [5.74, 6) is 0.290. The van der Waals surface area contributed by atoms with Gasteiger partial charge in [0.15, 0.2) is 0 Å². The zero-order valence-corrected chi connectivity index (χ0v) is 16.5. The van der Waals surface area contributed by atoms with Crippen LogP contribution in [0.1, 0.15) is 63.3 Å². The highest BCUT2D eigenvalue weighted by Crippen LogP contribution is 2.28. The van der Waals surface area contributed by atoms with E-state index in [1.54, 1.807) is 6.07 Å². The predicted molar refractivity (Wildman–Crippen MR) is 105 cm³/mol. The van der Waals surface area contributed by atoms with Crippen molar-refractivity contribution in [2.75, 3.05) is 6.54 Å². The van der Waals surface area contributed by atoms with E-state index < -0.39 is 5.97 Å². The highest BCUT2D eigenvalue weighted by Gasteiger charge is 2.25. The van der Waals surface area contributed by atoms with Crippen LogP contribution in [-0.2, 0) is 16.6 Å². The number of rotatable bonds is 3. The molecule has 148 valence electrons. The molecule has 1 saturated heterocycles. The third-order valence-electron chi connectivity index (χ3n) is 4.74. The van der Waals surface area contributed by atoms with Crippen LogP contribution < -0.4 is 10.9 Å². The Bertz CT molecular complexity index is 780. The second kappa shape index (κ2) is 9.04. The van der Waals surface area contributed by atoms with Crippen molar-refractivity contribution >= 4 is 5.97 Å². The second-order valence-electron chi connectivity index (χ2n) is 8.16. The number of H-pyrrole nitrogens is 1. The lowest BCUT2D eigenvalue weighted by molar-refractivity contribution is -0.134. The Kier molecular flexibility index (Phi) is 7.02. The van der Waals surface area contributed by atoms with Gasteiger partial charge in [0.25, 0.3) is 11.5 Å². The smallest absolute Gasteiger partial charge is 0.300 e. The van der Waals surface area contributed by atoms with E-state index in [1.807, 2.05) is 0 Å². The molecule has 2 unspecified atom stereocenters. The van der Waals surface area contributed by atoms with Crippen molar-refractivity contribution in [1.29, 1.82) is 0 Å². The van der Waals surface area contributed by atoms with Gasteiger partial charge in [0.2, 0.25) is 0 Å². The summed E-state index contributed by atoms with van der Waals surface area (Å²) in [6, 6.07) is 11.0. The van der Waals surface area contributed by atoms with E-state index in [0.717, 1.165) is 38.5 Å². The molecule has 0 bridgehead atoms. The fourth-order valence-corrected chi connectivity index (χ4v) is 3.34. The molecule has 6 nitrogen and oxygen atoms in total. The van der Waals surface area contributed by atoms with Gasteiger partial charge in [-0.1, -0.05) is 45.0 Å². The predicted octanol–water partition coefficient (Wildman–Crippen LogP) is 3.43. The van der Waals surface area contributed by atoms with Crippen LogP contribution in [0.3, 0.4) is 0 Å². The number of hydrogen-bond acceptors (Lipinski definition) is 4. The van der Waals surface area contributed by atoms with E-state index in [2.05, 4.69) is 55.5 Å². The monoisotopic (exact) mass is 374 g/mol. The Morgan fingerprint density at radius 2 is 1.89 bits per heavy atom. The van der Waals surface area contributed by atoms with Gasteiger partial charge >= 0.3 is 0 Å². The first-order chi connectivity index (χ1) is 12.6. The third-order valence-corrected chi connectivity index (χ3v) is 4.74. The maximum absolute atomic E-state index is 11.3. The first-order valence-corrected chi connectivity index (χ1v) is 9.36. The van der Waals surface area contributed by atoms with Gasteiger partial charge in [0, 0.05) is 24.9 Å². The molecule has 2 atom stereocenters. The summed E-state index contributed by atoms with van der Waals surface area (Å²) in [4.78, 5) is 20.3. The summed E-state index contributed by atoms with van der Waals surface area (Å²) in [6.07, 6.45) is 3.03. The minimum Gasteiger partial charge on any atom is -0.481 e. The third kappa shape index (κ3) is 6.71. The summed E-state index contributed by atoms with van der Waals surface area (Å²) >= 11 is 0. The van der Waals surface area contributed by atoms with E-state index in [4.69, 9.17) is 14.4 Å². The molecule has 3 N–H and O–H groups in total. The van der Waals surface area contributed by atoms with E-state index in [1.165, 1.54) is 11.1 Å². The van der Waals surface area contributed by atoms with E-state index >= 15 is 0 Å². The Labute approximate surface area is 160 Å². The minimum absolute atomic E-state index is 0.146. The molecular formula is C21H30N2O4. The first kappa shape index (κ1) is 21.0. The van der Waals surface area contributed by atoms with Crippen molar-refractivity contribution in [3.8, 4) is 0 Å². The van der Waals surface area contributed by atoms with Crippen LogP contribution >= 0.6 is 0 Å². The molecule has 0 radical (unpaired) electrons. The van der Waals surface area contributed by atoms with Crippen molar-refractivity contribution in [3.63, 3.8) is 0 Å². The molecule has 2 heterocycles. The van der Waals surface area contributed by atoms with Crippen LogP contribution in [0.15, 0.2) is 39.6 Å². The standard InChI is InChI=1S/C19H26N2O2.C2H4O2/c1-19(2,3)15-6-4-13(5-7-15)10-16-11-14(8-9-20-16)17-12-18(22)21-23-17;1-2(3)4/h4-7,12,14,16,20H,8-11H2,1-3H3,(H,21,22);1H3,(H,3,4). The number of carboxylic acids is 1. The lowest BCUT2D eigenvalue weighted by Crippen LogP contribution is -2.38. The number of hydrogen-bond donors (Lipinski definition) is 3. The van der Waals surface area contributed by atoms with E-state index in [0.29, 0.717) is 12.0 Å². The molecule has 1 aliphatic rings. The van der Waals surface area contributed by atoms with Crippen LogP contribution in [-0.4, -0.2) is 28.8 Å². The molecule has 1 aromatic heterocycles. The average molecular weight is 374 g/mol. The number of aromatic nitrogens is 1. The van der Waals surface area contributed by atoms with Gasteiger partial charge in [-0.05, 0) is 42.3 Å². The molecule has 0 amide bonds. The summed E-state index contributed by atoms with van der Waals surface area (Å²) < 4.78 is 5.29. The van der Waals surface area contributed by atoms with Gasteiger partial charge in [-0.2, -0.15) is 5.16 Å². The molecule has 2 aromatic rings. The van der Waals surface area contributed by atoms with Crippen molar-refractivity contribution in [1.82, 2.24) is 10.5 Å². The molecule has 1 fully saturated rings. The normalized spacial score (nSPS) is 19.9. The number of benzene rings is 1. The molecule has 0 spiro atoms. The van der Waals surface area contributed by atoms with Crippen molar-refractivity contribution < 1.29 is 14.4 Å². The van der Waals surface area contributed by atoms with Crippen LogP contribution in [0.25, 0.3) is 0 Å². The quantitative estimate of drug-likeness (QED) is 0.765. The largest absolute Gasteiger partial charge is 0.481 e. The molecule has 1 aromatic carbocycles. The lowest BCUT2D eigenvalue weighted by Gasteiger charge is -2.29. The first-order valence-electron chi connectivity index (χ1n) is 9.36. The number of carbonyl (C=O) groups is 1. The lowest BCUT2D eigenvalue weighted by atomic mass is 9.85. The van der Waals surface area contributed by atoms with Gasteiger partial charge in [0.05, 0.1) is 0 Å². The SMILES string of the molecule is CC(=O)O.CC(C)(C)c1ccc(CC2CC(c3cc(=O)[nH]o3)CCN2)cc1. The average Bonchev–Trinajstić information content (AvgIpc) is 3.01. The highest BCUT2D eigenvalue weighted by molar-refractivity contribution is 5.62. The maximum atomic E-state index is 11.3. The molecule has 6 heteroatoms. The number of aliphatic carboxylic acids is 1. The summed E-state index contributed by atoms with van der Waals surface area (Å²) in [7, 11) is 0. The second-order valence-corrected chi connectivity index (χ2v) is 8.16. The van der Waals surface area contributed by atoms with Crippen LogP contribution in [0.5, 0.6) is 0 Å². The highest BCUT2D eigenvalue weighted by atomic mass is 16.5. The molecule has 0 saturated carbocycles. The molecular weight excluding hydrogens is 344 g/mol. The Morgan fingerprint density at radius 1 is 1.26 bits per heavy atom. The van der Waals surface area contributed by atoms with Gasteiger partial charge in [-0.25, -0.2) is 0 Å². The zero-order valence-electron chi connectivity index (χ0n) is 16.5. The Hall–Kier alpha value is -2.34. The number of piperidine rings is 1. The number of nitrogens with one attached hydrogen (secondary N) is 2. The molecule has 27 heavy (non-hydrogen) atoms. The van der Waals surface area contributed by atoms with E-state index in [-0.39, 0.29) is 11.0 Å². The molecule has 1 aliphatic heterocycles. The minimum atomic E-state index is -0.833. The number of aromatic amines is 1.